The van der Waals surface area contributed by atoms with E-state index in [4.69, 9.17) is 0 Å². The van der Waals surface area contributed by atoms with E-state index >= 15 is 0 Å². The van der Waals surface area contributed by atoms with Crippen molar-refractivity contribution < 1.29 is 8.42 Å². The minimum Gasteiger partial charge on any atom is -0.314 e. The Labute approximate surface area is 123 Å². The van der Waals surface area contributed by atoms with E-state index in [-0.39, 0.29) is 11.2 Å². The number of nitrogens with zero attached hydrogens (tertiary/aromatic N) is 1. The maximum absolute atomic E-state index is 12.0. The number of likely N-dealkylation sites (tertiary alicyclic amines) is 1. The second-order valence-corrected chi connectivity index (χ2v) is 8.76. The van der Waals surface area contributed by atoms with Crippen molar-refractivity contribution in [1.82, 2.24) is 14.9 Å². The highest BCUT2D eigenvalue weighted by atomic mass is 32.2. The van der Waals surface area contributed by atoms with Crippen LogP contribution in [0.4, 0.5) is 0 Å². The minimum absolute atomic E-state index is 0.117. The van der Waals surface area contributed by atoms with Crippen molar-refractivity contribution in [1.29, 1.82) is 0 Å². The molecule has 2 aliphatic rings. The van der Waals surface area contributed by atoms with Gasteiger partial charge in [-0.25, -0.2) is 13.1 Å². The van der Waals surface area contributed by atoms with E-state index in [0.29, 0.717) is 19.0 Å². The zero-order valence-electron chi connectivity index (χ0n) is 12.8. The topological polar surface area (TPSA) is 61.4 Å². The van der Waals surface area contributed by atoms with E-state index in [1.165, 1.54) is 12.8 Å². The van der Waals surface area contributed by atoms with Gasteiger partial charge in [-0.15, -0.1) is 0 Å². The molecule has 20 heavy (non-hydrogen) atoms. The molecule has 0 spiro atoms. The Morgan fingerprint density at radius 3 is 2.50 bits per heavy atom. The van der Waals surface area contributed by atoms with Crippen LogP contribution < -0.4 is 10.0 Å². The summed E-state index contributed by atoms with van der Waals surface area (Å²) in [5, 5.41) is 3.35. The number of hydrogen-bond donors (Lipinski definition) is 2. The van der Waals surface area contributed by atoms with Crippen LogP contribution in [0.15, 0.2) is 0 Å². The normalized spacial score (nSPS) is 23.9. The number of rotatable bonds is 8. The summed E-state index contributed by atoms with van der Waals surface area (Å²) in [6.45, 7) is 5.71. The smallest absolute Gasteiger partial charge is 0.211 e. The van der Waals surface area contributed by atoms with Crippen LogP contribution in [0, 0.1) is 5.41 Å². The molecule has 1 aliphatic carbocycles. The Bertz CT molecular complexity index is 399. The third-order valence-corrected chi connectivity index (χ3v) is 5.92. The molecule has 0 radical (unpaired) electrons. The first kappa shape index (κ1) is 16.2. The van der Waals surface area contributed by atoms with Crippen LogP contribution in [-0.2, 0) is 10.0 Å². The van der Waals surface area contributed by atoms with Crippen LogP contribution in [0.2, 0.25) is 0 Å². The molecule has 1 aliphatic heterocycles. The van der Waals surface area contributed by atoms with Gasteiger partial charge in [0.1, 0.15) is 0 Å². The van der Waals surface area contributed by atoms with E-state index in [1.54, 1.807) is 0 Å². The maximum Gasteiger partial charge on any atom is 0.211 e. The lowest BCUT2D eigenvalue weighted by Gasteiger charge is -2.37. The van der Waals surface area contributed by atoms with Crippen LogP contribution in [0.5, 0.6) is 0 Å². The van der Waals surface area contributed by atoms with Gasteiger partial charge in [0.05, 0.1) is 5.75 Å². The Morgan fingerprint density at radius 1 is 1.25 bits per heavy atom. The minimum atomic E-state index is -3.11. The molecule has 0 aromatic rings. The fourth-order valence-corrected chi connectivity index (χ4v) is 3.78. The Kier molecular flexibility index (Phi) is 5.45. The average molecular weight is 303 g/mol. The van der Waals surface area contributed by atoms with Gasteiger partial charge >= 0.3 is 0 Å². The highest BCUT2D eigenvalue weighted by molar-refractivity contribution is 7.89. The fraction of sp³-hybridized carbons (Fsp3) is 1.00. The monoisotopic (exact) mass is 303 g/mol. The van der Waals surface area contributed by atoms with Crippen molar-refractivity contribution in [2.24, 2.45) is 5.41 Å². The Morgan fingerprint density at radius 2 is 1.90 bits per heavy atom. The van der Waals surface area contributed by atoms with Crippen LogP contribution in [-0.4, -0.2) is 58.3 Å². The predicted molar refractivity (Wildman–Crippen MR) is 82.3 cm³/mol. The molecule has 1 saturated carbocycles. The van der Waals surface area contributed by atoms with Crippen LogP contribution >= 0.6 is 0 Å². The number of sulfonamides is 1. The molecular weight excluding hydrogens is 274 g/mol. The van der Waals surface area contributed by atoms with Crippen LogP contribution in [0.3, 0.4) is 0 Å². The van der Waals surface area contributed by atoms with Gasteiger partial charge in [-0.2, -0.15) is 0 Å². The van der Waals surface area contributed by atoms with Crippen LogP contribution in [0.25, 0.3) is 0 Å². The standard InChI is InChI=1S/C14H29N3O2S/c1-14(6-9-17(2)10-7-14)12-16-20(18,19)11-3-8-15-13-4-5-13/h13,15-16H,3-12H2,1-2H3. The first-order chi connectivity index (χ1) is 9.39. The quantitative estimate of drug-likeness (QED) is 0.651. The van der Waals surface area contributed by atoms with E-state index in [2.05, 4.69) is 28.9 Å². The van der Waals surface area contributed by atoms with Crippen molar-refractivity contribution in [3.63, 3.8) is 0 Å². The number of nitrogens with one attached hydrogen (secondary N) is 2. The summed E-state index contributed by atoms with van der Waals surface area (Å²) >= 11 is 0. The molecule has 2 fully saturated rings. The zero-order valence-corrected chi connectivity index (χ0v) is 13.6. The molecule has 0 atom stereocenters. The highest BCUT2D eigenvalue weighted by Gasteiger charge is 2.30. The van der Waals surface area contributed by atoms with Crippen LogP contribution in [0.1, 0.15) is 39.0 Å². The van der Waals surface area contributed by atoms with Gasteiger partial charge in [0, 0.05) is 12.6 Å². The van der Waals surface area contributed by atoms with Crippen molar-refractivity contribution in [3.8, 4) is 0 Å². The first-order valence-corrected chi connectivity index (χ1v) is 9.43. The van der Waals surface area contributed by atoms with Gasteiger partial charge in [0.25, 0.3) is 0 Å². The fourth-order valence-electron chi connectivity index (χ4n) is 2.55. The first-order valence-electron chi connectivity index (χ1n) is 7.78. The van der Waals surface area contributed by atoms with Gasteiger partial charge in [0.15, 0.2) is 0 Å². The lowest BCUT2D eigenvalue weighted by Crippen LogP contribution is -2.44. The molecule has 1 heterocycles. The molecule has 2 N–H and O–H groups in total. The summed E-state index contributed by atoms with van der Waals surface area (Å²) in [4.78, 5) is 2.31. The Balaban J connectivity index is 1.65. The molecule has 0 unspecified atom stereocenters. The molecule has 1 saturated heterocycles. The molecular formula is C14H29N3O2S. The summed E-state index contributed by atoms with van der Waals surface area (Å²) < 4.78 is 26.8. The predicted octanol–water partition coefficient (Wildman–Crippen LogP) is 0.780. The zero-order chi connectivity index (χ0) is 14.6. The second-order valence-electron chi connectivity index (χ2n) is 6.84. The molecule has 118 valence electrons. The summed E-state index contributed by atoms with van der Waals surface area (Å²) in [6.07, 6.45) is 5.32. The SMILES string of the molecule is CN1CCC(C)(CNS(=O)(=O)CCCNC2CC2)CC1. The van der Waals surface area contributed by atoms with Gasteiger partial charge in [-0.3, -0.25) is 0 Å². The van der Waals surface area contributed by atoms with Crippen molar-refractivity contribution >= 4 is 10.0 Å². The molecule has 6 heteroatoms. The molecule has 0 bridgehead atoms. The third-order valence-electron chi connectivity index (χ3n) is 4.51. The van der Waals surface area contributed by atoms with Crippen molar-refractivity contribution in [2.75, 3.05) is 39.0 Å². The van der Waals surface area contributed by atoms with Gasteiger partial charge in [-0.05, 0) is 64.2 Å². The second kappa shape index (κ2) is 6.73. The molecule has 0 aromatic carbocycles. The number of piperidine rings is 1. The average Bonchev–Trinajstić information content (AvgIpc) is 3.21. The lowest BCUT2D eigenvalue weighted by atomic mass is 9.81. The summed E-state index contributed by atoms with van der Waals surface area (Å²) in [5.41, 5.74) is 0.117. The van der Waals surface area contributed by atoms with Gasteiger partial charge in [0.2, 0.25) is 10.0 Å². The van der Waals surface area contributed by atoms with Crippen molar-refractivity contribution in [2.45, 2.75) is 45.1 Å². The highest BCUT2D eigenvalue weighted by Crippen LogP contribution is 2.29. The van der Waals surface area contributed by atoms with E-state index < -0.39 is 10.0 Å². The maximum atomic E-state index is 12.0. The van der Waals surface area contributed by atoms with E-state index in [9.17, 15) is 8.42 Å². The van der Waals surface area contributed by atoms with Crippen molar-refractivity contribution in [3.05, 3.63) is 0 Å². The van der Waals surface area contributed by atoms with E-state index in [1.807, 2.05) is 0 Å². The largest absolute Gasteiger partial charge is 0.314 e. The Hall–Kier alpha value is -0.170. The van der Waals surface area contributed by atoms with Gasteiger partial charge < -0.3 is 10.2 Å². The summed E-state index contributed by atoms with van der Waals surface area (Å²) in [7, 11) is -0.992. The van der Waals surface area contributed by atoms with Gasteiger partial charge in [-0.1, -0.05) is 6.92 Å². The third kappa shape index (κ3) is 5.68. The number of hydrogen-bond acceptors (Lipinski definition) is 4. The summed E-state index contributed by atoms with van der Waals surface area (Å²) in [5.74, 6) is 0.239. The molecule has 0 aromatic heterocycles. The molecule has 5 nitrogen and oxygen atoms in total. The summed E-state index contributed by atoms with van der Waals surface area (Å²) in [6, 6.07) is 0.656. The molecule has 2 rings (SSSR count). The lowest BCUT2D eigenvalue weighted by molar-refractivity contribution is 0.143. The molecule has 0 amide bonds. The van der Waals surface area contributed by atoms with E-state index in [0.717, 1.165) is 32.5 Å².